The van der Waals surface area contributed by atoms with Gasteiger partial charge in [0.2, 0.25) is 0 Å². The van der Waals surface area contributed by atoms with Gasteiger partial charge in [0.25, 0.3) is 0 Å². The molecule has 1 aromatic carbocycles. The second-order valence-electron chi connectivity index (χ2n) is 4.58. The minimum absolute atomic E-state index is 0.724. The summed E-state index contributed by atoms with van der Waals surface area (Å²) in [6, 6.07) is 8.81. The number of imidazole rings is 1. The number of hydrogen-bond donors (Lipinski definition) is 2. The molecule has 2 aromatic rings. The van der Waals surface area contributed by atoms with Crippen LogP contribution in [0.25, 0.3) is 11.4 Å². The van der Waals surface area contributed by atoms with Gasteiger partial charge in [-0.2, -0.15) is 0 Å². The fourth-order valence-electron chi connectivity index (χ4n) is 2.49. The van der Waals surface area contributed by atoms with Crippen molar-refractivity contribution in [1.82, 2.24) is 15.3 Å². The van der Waals surface area contributed by atoms with E-state index in [9.17, 15) is 0 Å². The van der Waals surface area contributed by atoms with E-state index in [0.29, 0.717) is 0 Å². The molecule has 0 atom stereocenters. The van der Waals surface area contributed by atoms with Gasteiger partial charge in [-0.25, -0.2) is 4.98 Å². The maximum Gasteiger partial charge on any atom is 0.137 e. The molecular weight excluding hydrogens is 210 g/mol. The summed E-state index contributed by atoms with van der Waals surface area (Å²) in [5.74, 6) is 1.67. The lowest BCUT2D eigenvalue weighted by atomic mass is 9.90. The zero-order valence-electron chi connectivity index (χ0n) is 9.82. The van der Waals surface area contributed by atoms with E-state index in [1.807, 2.05) is 6.20 Å². The number of nitrogens with one attached hydrogen (secondary N) is 2. The van der Waals surface area contributed by atoms with Crippen LogP contribution in [0.5, 0.6) is 0 Å². The maximum atomic E-state index is 4.26. The molecule has 0 spiro atoms. The molecule has 0 unspecified atom stereocenters. The Morgan fingerprint density at radius 2 is 1.82 bits per heavy atom. The van der Waals surface area contributed by atoms with E-state index >= 15 is 0 Å². The molecule has 1 aliphatic rings. The quantitative estimate of drug-likeness (QED) is 0.827. The van der Waals surface area contributed by atoms with Gasteiger partial charge in [-0.05, 0) is 37.4 Å². The van der Waals surface area contributed by atoms with Crippen molar-refractivity contribution in [3.8, 4) is 11.4 Å². The maximum absolute atomic E-state index is 4.26. The molecule has 0 bridgehead atoms. The van der Waals surface area contributed by atoms with Crippen molar-refractivity contribution in [3.05, 3.63) is 42.2 Å². The summed E-state index contributed by atoms with van der Waals surface area (Å²) in [6.07, 6.45) is 6.15. The first-order chi connectivity index (χ1) is 8.43. The van der Waals surface area contributed by atoms with Crippen molar-refractivity contribution in [2.45, 2.75) is 18.8 Å². The van der Waals surface area contributed by atoms with E-state index in [1.54, 1.807) is 6.20 Å². The Morgan fingerprint density at radius 1 is 1.06 bits per heavy atom. The molecule has 2 heterocycles. The third-order valence-corrected chi connectivity index (χ3v) is 3.49. The molecule has 2 N–H and O–H groups in total. The topological polar surface area (TPSA) is 40.7 Å². The Bertz CT molecular complexity index is 453. The average molecular weight is 227 g/mol. The van der Waals surface area contributed by atoms with E-state index in [4.69, 9.17) is 0 Å². The van der Waals surface area contributed by atoms with Crippen LogP contribution in [-0.4, -0.2) is 23.1 Å². The van der Waals surface area contributed by atoms with Crippen LogP contribution in [0.3, 0.4) is 0 Å². The fraction of sp³-hybridized carbons (Fsp3) is 0.357. The molecule has 17 heavy (non-hydrogen) atoms. The van der Waals surface area contributed by atoms with Crippen LogP contribution in [-0.2, 0) is 0 Å². The van der Waals surface area contributed by atoms with Crippen LogP contribution in [0.2, 0.25) is 0 Å². The lowest BCUT2D eigenvalue weighted by Gasteiger charge is -2.23. The minimum Gasteiger partial charge on any atom is -0.345 e. The number of piperidine rings is 1. The summed E-state index contributed by atoms with van der Waals surface area (Å²) >= 11 is 0. The molecule has 0 saturated carbocycles. The predicted octanol–water partition coefficient (Wildman–Crippen LogP) is 2.54. The summed E-state index contributed by atoms with van der Waals surface area (Å²) < 4.78 is 0. The molecule has 1 aliphatic heterocycles. The first-order valence-corrected chi connectivity index (χ1v) is 6.24. The van der Waals surface area contributed by atoms with Crippen molar-refractivity contribution >= 4 is 0 Å². The van der Waals surface area contributed by atoms with Crippen molar-refractivity contribution in [2.24, 2.45) is 0 Å². The Labute approximate surface area is 101 Å². The van der Waals surface area contributed by atoms with E-state index in [1.165, 1.54) is 18.4 Å². The number of aromatic nitrogens is 2. The van der Waals surface area contributed by atoms with Crippen molar-refractivity contribution in [2.75, 3.05) is 13.1 Å². The van der Waals surface area contributed by atoms with Gasteiger partial charge >= 0.3 is 0 Å². The molecule has 1 fully saturated rings. The van der Waals surface area contributed by atoms with Crippen LogP contribution in [0.15, 0.2) is 36.7 Å². The highest BCUT2D eigenvalue weighted by Gasteiger charge is 2.14. The number of nitrogens with zero attached hydrogens (tertiary/aromatic N) is 1. The Morgan fingerprint density at radius 3 is 2.47 bits per heavy atom. The predicted molar refractivity (Wildman–Crippen MR) is 68.9 cm³/mol. The van der Waals surface area contributed by atoms with Gasteiger partial charge in [-0.1, -0.05) is 24.3 Å². The number of benzene rings is 1. The summed E-state index contributed by atoms with van der Waals surface area (Å²) in [5, 5.41) is 3.40. The smallest absolute Gasteiger partial charge is 0.137 e. The Kier molecular flexibility index (Phi) is 2.92. The van der Waals surface area contributed by atoms with Gasteiger partial charge in [-0.15, -0.1) is 0 Å². The number of aromatic amines is 1. The van der Waals surface area contributed by atoms with Crippen molar-refractivity contribution < 1.29 is 0 Å². The minimum atomic E-state index is 0.724. The standard InChI is InChI=1S/C14H17N3/c1-3-13(14-16-9-10-17-14)4-2-11(1)12-5-7-15-8-6-12/h1-4,9-10,12,15H,5-8H2,(H,16,17). The molecule has 1 saturated heterocycles. The van der Waals surface area contributed by atoms with Gasteiger partial charge in [0.1, 0.15) is 5.82 Å². The lowest BCUT2D eigenvalue weighted by molar-refractivity contribution is 0.460. The van der Waals surface area contributed by atoms with Gasteiger partial charge in [0.15, 0.2) is 0 Å². The van der Waals surface area contributed by atoms with Crippen molar-refractivity contribution in [1.29, 1.82) is 0 Å². The highest BCUT2D eigenvalue weighted by Crippen LogP contribution is 2.26. The van der Waals surface area contributed by atoms with E-state index in [-0.39, 0.29) is 0 Å². The van der Waals surface area contributed by atoms with Crippen LogP contribution in [0.1, 0.15) is 24.3 Å². The van der Waals surface area contributed by atoms with Crippen molar-refractivity contribution in [3.63, 3.8) is 0 Å². The second-order valence-corrected chi connectivity index (χ2v) is 4.58. The van der Waals surface area contributed by atoms with E-state index in [0.717, 1.165) is 30.4 Å². The highest BCUT2D eigenvalue weighted by molar-refractivity contribution is 5.55. The largest absolute Gasteiger partial charge is 0.345 e. The van der Waals surface area contributed by atoms with Gasteiger partial charge in [-0.3, -0.25) is 0 Å². The molecule has 0 aliphatic carbocycles. The molecule has 1 aromatic heterocycles. The monoisotopic (exact) mass is 227 g/mol. The van der Waals surface area contributed by atoms with Gasteiger partial charge in [0, 0.05) is 18.0 Å². The average Bonchev–Trinajstić information content (AvgIpc) is 2.94. The highest BCUT2D eigenvalue weighted by atomic mass is 14.9. The molecule has 3 rings (SSSR count). The van der Waals surface area contributed by atoms with E-state index < -0.39 is 0 Å². The van der Waals surface area contributed by atoms with Gasteiger partial charge < -0.3 is 10.3 Å². The number of rotatable bonds is 2. The summed E-state index contributed by atoms with van der Waals surface area (Å²) in [4.78, 5) is 7.39. The molecule has 88 valence electrons. The number of H-pyrrole nitrogens is 1. The van der Waals surface area contributed by atoms with Crippen LogP contribution in [0.4, 0.5) is 0 Å². The third-order valence-electron chi connectivity index (χ3n) is 3.49. The second kappa shape index (κ2) is 4.72. The Hall–Kier alpha value is -1.61. The summed E-state index contributed by atoms with van der Waals surface area (Å²) in [5.41, 5.74) is 2.62. The molecular formula is C14H17N3. The summed E-state index contributed by atoms with van der Waals surface area (Å²) in [6.45, 7) is 2.29. The van der Waals surface area contributed by atoms with Gasteiger partial charge in [0.05, 0.1) is 0 Å². The zero-order chi connectivity index (χ0) is 11.5. The van der Waals surface area contributed by atoms with Crippen LogP contribution in [0, 0.1) is 0 Å². The molecule has 3 heteroatoms. The first-order valence-electron chi connectivity index (χ1n) is 6.24. The fourth-order valence-corrected chi connectivity index (χ4v) is 2.49. The lowest BCUT2D eigenvalue weighted by Crippen LogP contribution is -2.26. The number of hydrogen-bond acceptors (Lipinski definition) is 2. The third kappa shape index (κ3) is 2.24. The first kappa shape index (κ1) is 10.5. The molecule has 0 radical (unpaired) electrons. The normalized spacial score (nSPS) is 17.2. The zero-order valence-corrected chi connectivity index (χ0v) is 9.82. The van der Waals surface area contributed by atoms with Crippen LogP contribution >= 0.6 is 0 Å². The molecule has 0 amide bonds. The Balaban J connectivity index is 1.80. The molecule has 3 nitrogen and oxygen atoms in total. The summed E-state index contributed by atoms with van der Waals surface area (Å²) in [7, 11) is 0. The SMILES string of the molecule is c1c[nH]c(-c2ccc(C3CCNCC3)cc2)n1. The van der Waals surface area contributed by atoms with E-state index in [2.05, 4.69) is 39.6 Å². The van der Waals surface area contributed by atoms with Crippen LogP contribution < -0.4 is 5.32 Å².